The van der Waals surface area contributed by atoms with Gasteiger partial charge in [0.15, 0.2) is 5.58 Å². The lowest BCUT2D eigenvalue weighted by Crippen LogP contribution is -2.47. The van der Waals surface area contributed by atoms with E-state index in [0.717, 1.165) is 55.3 Å². The van der Waals surface area contributed by atoms with E-state index in [2.05, 4.69) is 22.6 Å². The number of aromatic hydroxyl groups is 1. The van der Waals surface area contributed by atoms with Crippen LogP contribution >= 0.6 is 0 Å². The number of hydrogen-bond acceptors (Lipinski definition) is 10. The van der Waals surface area contributed by atoms with Gasteiger partial charge in [0, 0.05) is 36.8 Å². The molecule has 282 valence electrons. The van der Waals surface area contributed by atoms with Crippen molar-refractivity contribution in [3.8, 4) is 17.2 Å². The van der Waals surface area contributed by atoms with Gasteiger partial charge in [-0.1, -0.05) is 42.5 Å². The number of benzene rings is 4. The van der Waals surface area contributed by atoms with Crippen LogP contribution < -0.4 is 26.2 Å². The van der Waals surface area contributed by atoms with Crippen molar-refractivity contribution >= 4 is 29.2 Å². The van der Waals surface area contributed by atoms with Crippen molar-refractivity contribution in [2.24, 2.45) is 0 Å². The van der Waals surface area contributed by atoms with Gasteiger partial charge in [0.25, 0.3) is 0 Å². The van der Waals surface area contributed by atoms with Gasteiger partial charge in [0.2, 0.25) is 6.41 Å². The highest BCUT2D eigenvalue weighted by Crippen LogP contribution is 2.52. The number of rotatable bonds is 14. The maximum atomic E-state index is 12.9. The van der Waals surface area contributed by atoms with E-state index in [1.54, 1.807) is 23.6 Å². The first-order valence-electron chi connectivity index (χ1n) is 18.4. The van der Waals surface area contributed by atoms with Crippen molar-refractivity contribution in [2.75, 3.05) is 25.5 Å². The number of aryl methyl sites for hydroxylation is 1. The zero-order chi connectivity index (χ0) is 38.0. The summed E-state index contributed by atoms with van der Waals surface area (Å²) in [6.07, 6.45) is 4.15. The number of hydrogen-bond donors (Lipinski definition) is 4. The van der Waals surface area contributed by atoms with E-state index in [9.17, 15) is 29.7 Å². The largest absolute Gasteiger partial charge is 0.549 e. The second kappa shape index (κ2) is 15.5. The van der Waals surface area contributed by atoms with Crippen LogP contribution in [-0.2, 0) is 28.1 Å². The van der Waals surface area contributed by atoms with Gasteiger partial charge in [-0.2, -0.15) is 0 Å². The van der Waals surface area contributed by atoms with E-state index in [1.165, 1.54) is 12.1 Å². The summed E-state index contributed by atoms with van der Waals surface area (Å²) >= 11 is 0. The number of anilines is 1. The Hall–Kier alpha value is -5.43. The fraction of sp³-hybridized carbons (Fsp3) is 0.357. The van der Waals surface area contributed by atoms with Gasteiger partial charge in [0.05, 0.1) is 28.7 Å². The Morgan fingerprint density at radius 1 is 1.06 bits per heavy atom. The second-order valence-corrected chi connectivity index (χ2v) is 14.6. The van der Waals surface area contributed by atoms with Gasteiger partial charge < -0.3 is 44.8 Å². The highest BCUT2D eigenvalue weighted by atomic mass is 16.5. The third-order valence-corrected chi connectivity index (χ3v) is 11.3. The fourth-order valence-electron chi connectivity index (χ4n) is 8.27. The lowest BCUT2D eigenvalue weighted by molar-refractivity contribution is -0.311. The van der Waals surface area contributed by atoms with Crippen LogP contribution in [0.25, 0.3) is 11.1 Å². The smallest absolute Gasteiger partial charge is 0.419 e. The van der Waals surface area contributed by atoms with Crippen LogP contribution in [0.4, 0.5) is 5.69 Å². The number of nitrogens with zero attached hydrogens (tertiary/aromatic N) is 2. The quantitative estimate of drug-likeness (QED) is 0.0910. The Morgan fingerprint density at radius 3 is 2.61 bits per heavy atom. The van der Waals surface area contributed by atoms with Crippen LogP contribution in [0, 0.1) is 0 Å². The van der Waals surface area contributed by atoms with Gasteiger partial charge in [-0.25, -0.2) is 4.79 Å². The van der Waals surface area contributed by atoms with E-state index in [0.29, 0.717) is 59.3 Å². The molecule has 1 saturated carbocycles. The number of oxazole rings is 1. The highest BCUT2D eigenvalue weighted by molar-refractivity contribution is 5.88. The highest BCUT2D eigenvalue weighted by Gasteiger charge is 2.42. The number of nitrogens with one attached hydrogen (secondary N) is 2. The number of aromatic nitrogens is 1. The monoisotopic (exact) mass is 733 g/mol. The molecule has 0 radical (unpaired) electrons. The molecule has 12 heteroatoms. The summed E-state index contributed by atoms with van der Waals surface area (Å²) in [5.74, 6) is -0.282. The Bertz CT molecular complexity index is 2220. The van der Waals surface area contributed by atoms with Crippen LogP contribution in [0.3, 0.4) is 0 Å². The number of ether oxygens (including phenoxy) is 1. The van der Waals surface area contributed by atoms with Crippen molar-refractivity contribution < 1.29 is 34.1 Å². The molecule has 2 aliphatic rings. The number of aliphatic carboxylic acids is 1. The molecule has 54 heavy (non-hydrogen) atoms. The van der Waals surface area contributed by atoms with Crippen molar-refractivity contribution in [1.29, 1.82) is 0 Å². The predicted octanol–water partition coefficient (Wildman–Crippen LogP) is 4.90. The van der Waals surface area contributed by atoms with Crippen molar-refractivity contribution in [2.45, 2.75) is 75.6 Å². The zero-order valence-electron chi connectivity index (χ0n) is 30.4. The predicted molar refractivity (Wildman–Crippen MR) is 202 cm³/mol. The van der Waals surface area contributed by atoms with Crippen molar-refractivity contribution in [3.05, 3.63) is 117 Å². The van der Waals surface area contributed by atoms with Crippen LogP contribution in [0.2, 0.25) is 0 Å². The summed E-state index contributed by atoms with van der Waals surface area (Å²) in [7, 11) is 2.13. The summed E-state index contributed by atoms with van der Waals surface area (Å²) in [4.78, 5) is 38.8. The van der Waals surface area contributed by atoms with E-state index < -0.39 is 23.2 Å². The van der Waals surface area contributed by atoms with Gasteiger partial charge in [-0.15, -0.1) is 0 Å². The number of carbonyl (C=O) groups is 2. The molecule has 2 heterocycles. The summed E-state index contributed by atoms with van der Waals surface area (Å²) in [6.45, 7) is 3.71. The molecular formula is C42H45N4O8-. The van der Waals surface area contributed by atoms with Crippen LogP contribution in [0.15, 0.2) is 88.1 Å². The molecule has 5 aromatic rings. The first-order valence-corrected chi connectivity index (χ1v) is 18.4. The molecule has 1 unspecified atom stereocenters. The molecule has 0 bridgehead atoms. The van der Waals surface area contributed by atoms with Gasteiger partial charge in [0.1, 0.15) is 17.2 Å². The number of amides is 1. The molecule has 1 fully saturated rings. The molecule has 1 aromatic heterocycles. The maximum Gasteiger partial charge on any atom is 0.419 e. The number of phenolic OH excluding ortho intramolecular Hbond substituents is 1. The Labute approximate surface area is 313 Å². The molecule has 0 saturated heterocycles. The van der Waals surface area contributed by atoms with Crippen LogP contribution in [0.1, 0.15) is 78.9 Å². The number of para-hydroxylation sites is 1. The number of carboxylic acids is 1. The van der Waals surface area contributed by atoms with Crippen LogP contribution in [0.5, 0.6) is 17.2 Å². The van der Waals surface area contributed by atoms with Gasteiger partial charge in [-0.3, -0.25) is 9.36 Å². The first-order chi connectivity index (χ1) is 26.1. The number of carbonyl (C=O) groups excluding carboxylic acids is 2. The second-order valence-electron chi connectivity index (χ2n) is 14.6. The minimum atomic E-state index is -1.32. The Morgan fingerprint density at radius 2 is 1.83 bits per heavy atom. The van der Waals surface area contributed by atoms with Gasteiger partial charge >= 0.3 is 5.76 Å². The third kappa shape index (κ3) is 7.12. The van der Waals surface area contributed by atoms with Gasteiger partial charge in [-0.05, 0) is 112 Å². The molecule has 0 spiro atoms. The number of aliphatic hydroxyl groups is 1. The Kier molecular flexibility index (Phi) is 10.6. The lowest BCUT2D eigenvalue weighted by Gasteiger charge is -2.42. The fourth-order valence-corrected chi connectivity index (χ4v) is 8.27. The zero-order valence-corrected chi connectivity index (χ0v) is 30.4. The number of fused-ring (bicyclic) bond motifs is 3. The topological polar surface area (TPSA) is 169 Å². The first kappa shape index (κ1) is 36.9. The average molecular weight is 734 g/mol. The number of phenols is 1. The summed E-state index contributed by atoms with van der Waals surface area (Å²) in [6, 6.07) is 23.7. The average Bonchev–Trinajstić information content (AvgIpc) is 3.49. The molecule has 7 rings (SSSR count). The molecule has 1 amide bonds. The standard InChI is InChI=1S/C42H46N4O8/c1-42(40(50)51)31-8-3-4-9-36(31)53-37-10-5-7-30(39(37)42)27-12-15-29(16-13-27)45(2)19-6-20-46-33-17-11-26(21-38(33)54-41(46)52)23-43-24-35(49)28-14-18-34(48)32(22-28)44-25-47/h3-5,7-11,14,17-18,21-22,25,27,29,35,43,48-49H,6,12-13,15-16,19-20,23-24H2,1-2H3,(H,44,47)(H,50,51)/p-1/t27?,29?,35-,42?/m0/s1. The van der Waals surface area contributed by atoms with Crippen molar-refractivity contribution in [3.63, 3.8) is 0 Å². The number of aliphatic hydroxyl groups excluding tert-OH is 1. The van der Waals surface area contributed by atoms with E-state index in [4.69, 9.17) is 9.15 Å². The van der Waals surface area contributed by atoms with Crippen LogP contribution in [-0.4, -0.2) is 58.2 Å². The maximum absolute atomic E-state index is 12.9. The Balaban J connectivity index is 0.921. The number of carboxylic acid groups (broad SMARTS) is 1. The third-order valence-electron chi connectivity index (χ3n) is 11.3. The van der Waals surface area contributed by atoms with E-state index in [1.807, 2.05) is 54.6 Å². The molecule has 1 aliphatic carbocycles. The minimum Gasteiger partial charge on any atom is -0.549 e. The molecular weight excluding hydrogens is 688 g/mol. The summed E-state index contributed by atoms with van der Waals surface area (Å²) in [5, 5.41) is 38.8. The lowest BCUT2D eigenvalue weighted by atomic mass is 9.68. The molecule has 12 nitrogen and oxygen atoms in total. The normalized spacial score (nSPS) is 19.9. The molecule has 4 N–H and O–H groups in total. The summed E-state index contributed by atoms with van der Waals surface area (Å²) in [5.41, 5.74) is 3.90. The SMILES string of the molecule is CN(CCCn1c(=O)oc2cc(CNC[C@H](O)c3ccc(O)c(NC=O)c3)ccc21)C1CCC(c2cccc3c2C(C)(C(=O)[O-])c2ccccc2O3)CC1. The minimum absolute atomic E-state index is 0.0875. The van der Waals surface area contributed by atoms with E-state index >= 15 is 0 Å². The molecule has 4 aromatic carbocycles. The molecule has 2 atom stereocenters. The van der Waals surface area contributed by atoms with E-state index in [-0.39, 0.29) is 23.9 Å². The summed E-state index contributed by atoms with van der Waals surface area (Å²) < 4.78 is 13.5. The molecule has 1 aliphatic heterocycles. The van der Waals surface area contributed by atoms with Crippen molar-refractivity contribution in [1.82, 2.24) is 14.8 Å².